The molecule has 0 aliphatic heterocycles. The molecule has 0 aromatic heterocycles. The summed E-state index contributed by atoms with van der Waals surface area (Å²) in [7, 11) is 0. The van der Waals surface area contributed by atoms with E-state index in [0.29, 0.717) is 15.6 Å². The number of halogens is 2. The Morgan fingerprint density at radius 3 is 2.42 bits per heavy atom. The van der Waals surface area contributed by atoms with E-state index in [1.165, 1.54) is 6.07 Å². The van der Waals surface area contributed by atoms with Crippen LogP contribution in [-0.4, -0.2) is 11.1 Å². The minimum absolute atomic E-state index is 0.241. The molecule has 19 heavy (non-hydrogen) atoms. The van der Waals surface area contributed by atoms with Gasteiger partial charge in [-0.25, -0.2) is 4.79 Å². The Morgan fingerprint density at radius 1 is 1.11 bits per heavy atom. The molecule has 3 nitrogen and oxygen atoms in total. The molecule has 0 heterocycles. The van der Waals surface area contributed by atoms with Gasteiger partial charge in [-0.2, -0.15) is 0 Å². The van der Waals surface area contributed by atoms with Crippen molar-refractivity contribution < 1.29 is 14.6 Å². The van der Waals surface area contributed by atoms with E-state index in [9.17, 15) is 9.90 Å². The first-order chi connectivity index (χ1) is 9.08. The predicted molar refractivity (Wildman–Crippen MR) is 73.9 cm³/mol. The summed E-state index contributed by atoms with van der Waals surface area (Å²) < 4.78 is 5.46. The van der Waals surface area contributed by atoms with Crippen LogP contribution in [0.15, 0.2) is 48.5 Å². The molecule has 2 aromatic carbocycles. The van der Waals surface area contributed by atoms with Gasteiger partial charge in [-0.15, -0.1) is 0 Å². The third-order valence-electron chi connectivity index (χ3n) is 2.46. The standard InChI is InChI=1S/C14H10Cl2O3/c15-10-6-7-11(16)12(8-10)19-13(14(17)18)9-4-2-1-3-5-9/h1-8,13H,(H,17,18). The maximum atomic E-state index is 11.3. The second kappa shape index (κ2) is 5.95. The molecule has 1 N–H and O–H groups in total. The number of carboxylic acid groups (broad SMARTS) is 1. The fourth-order valence-corrected chi connectivity index (χ4v) is 1.91. The molecular weight excluding hydrogens is 287 g/mol. The smallest absolute Gasteiger partial charge is 0.349 e. The van der Waals surface area contributed by atoms with Crippen LogP contribution in [0.5, 0.6) is 5.75 Å². The normalized spacial score (nSPS) is 11.9. The summed E-state index contributed by atoms with van der Waals surface area (Å²) in [5.74, 6) is -0.854. The highest BCUT2D eigenvalue weighted by molar-refractivity contribution is 6.34. The highest BCUT2D eigenvalue weighted by Crippen LogP contribution is 2.31. The fourth-order valence-electron chi connectivity index (χ4n) is 1.58. The summed E-state index contributed by atoms with van der Waals surface area (Å²) in [5, 5.41) is 9.99. The van der Waals surface area contributed by atoms with Crippen molar-refractivity contribution in [1.29, 1.82) is 0 Å². The monoisotopic (exact) mass is 296 g/mol. The Hall–Kier alpha value is -1.71. The van der Waals surface area contributed by atoms with E-state index in [1.54, 1.807) is 42.5 Å². The van der Waals surface area contributed by atoms with Crippen molar-refractivity contribution in [2.24, 2.45) is 0 Å². The Bertz CT molecular complexity index is 584. The zero-order valence-electron chi connectivity index (χ0n) is 9.72. The number of rotatable bonds is 4. The molecule has 0 radical (unpaired) electrons. The van der Waals surface area contributed by atoms with Crippen LogP contribution < -0.4 is 4.74 Å². The van der Waals surface area contributed by atoms with Crippen LogP contribution in [0.25, 0.3) is 0 Å². The molecule has 1 atom stereocenters. The minimum atomic E-state index is -1.13. The number of hydrogen-bond acceptors (Lipinski definition) is 2. The Balaban J connectivity index is 2.32. The van der Waals surface area contributed by atoms with Crippen LogP contribution >= 0.6 is 23.2 Å². The highest BCUT2D eigenvalue weighted by atomic mass is 35.5. The molecular formula is C14H10Cl2O3. The van der Waals surface area contributed by atoms with Crippen molar-refractivity contribution >= 4 is 29.2 Å². The second-order valence-electron chi connectivity index (χ2n) is 3.82. The lowest BCUT2D eigenvalue weighted by molar-refractivity contribution is -0.145. The van der Waals surface area contributed by atoms with E-state index in [4.69, 9.17) is 27.9 Å². The molecule has 98 valence electrons. The third-order valence-corrected chi connectivity index (χ3v) is 3.01. The average molecular weight is 297 g/mol. The second-order valence-corrected chi connectivity index (χ2v) is 4.67. The Morgan fingerprint density at radius 2 is 1.79 bits per heavy atom. The van der Waals surface area contributed by atoms with Crippen LogP contribution in [0.1, 0.15) is 11.7 Å². The zero-order chi connectivity index (χ0) is 13.8. The molecule has 0 bridgehead atoms. The van der Waals surface area contributed by atoms with E-state index in [2.05, 4.69) is 0 Å². The van der Waals surface area contributed by atoms with Crippen LogP contribution in [-0.2, 0) is 4.79 Å². The van der Waals surface area contributed by atoms with E-state index in [-0.39, 0.29) is 5.75 Å². The van der Waals surface area contributed by atoms with Gasteiger partial charge in [-0.3, -0.25) is 0 Å². The molecule has 0 amide bonds. The number of carbonyl (C=O) groups is 1. The molecule has 0 saturated heterocycles. The largest absolute Gasteiger partial charge is 0.478 e. The van der Waals surface area contributed by atoms with E-state index >= 15 is 0 Å². The van der Waals surface area contributed by atoms with E-state index < -0.39 is 12.1 Å². The molecule has 0 fully saturated rings. The lowest BCUT2D eigenvalue weighted by atomic mass is 10.1. The first-order valence-corrected chi connectivity index (χ1v) is 6.23. The SMILES string of the molecule is O=C(O)C(Oc1cc(Cl)ccc1Cl)c1ccccc1. The van der Waals surface area contributed by atoms with Crippen molar-refractivity contribution in [2.75, 3.05) is 0 Å². The van der Waals surface area contributed by atoms with Gasteiger partial charge in [0, 0.05) is 16.7 Å². The predicted octanol–water partition coefficient (Wildman–Crippen LogP) is 4.20. The number of aliphatic carboxylic acids is 1. The van der Waals surface area contributed by atoms with Crippen LogP contribution in [0.3, 0.4) is 0 Å². The quantitative estimate of drug-likeness (QED) is 0.920. The molecule has 0 aliphatic carbocycles. The van der Waals surface area contributed by atoms with Crippen LogP contribution in [0, 0.1) is 0 Å². The maximum Gasteiger partial charge on any atom is 0.349 e. The number of carboxylic acids is 1. The summed E-state index contributed by atoms with van der Waals surface area (Å²) >= 11 is 11.8. The molecule has 1 unspecified atom stereocenters. The summed E-state index contributed by atoms with van der Waals surface area (Å²) in [6, 6.07) is 13.3. The van der Waals surface area contributed by atoms with Gasteiger partial charge in [-0.1, -0.05) is 53.5 Å². The number of benzene rings is 2. The molecule has 2 rings (SSSR count). The topological polar surface area (TPSA) is 46.5 Å². The highest BCUT2D eigenvalue weighted by Gasteiger charge is 2.22. The Labute approximate surface area is 120 Å². The summed E-state index contributed by atoms with van der Waals surface area (Å²) in [4.78, 5) is 11.3. The third kappa shape index (κ3) is 3.40. The van der Waals surface area contributed by atoms with Gasteiger partial charge in [-0.05, 0) is 12.1 Å². The Kier molecular flexibility index (Phi) is 4.30. The van der Waals surface area contributed by atoms with E-state index in [0.717, 1.165) is 0 Å². The van der Waals surface area contributed by atoms with Crippen LogP contribution in [0.4, 0.5) is 0 Å². The zero-order valence-corrected chi connectivity index (χ0v) is 11.2. The molecule has 2 aromatic rings. The van der Waals surface area contributed by atoms with Crippen molar-refractivity contribution in [2.45, 2.75) is 6.10 Å². The average Bonchev–Trinajstić information content (AvgIpc) is 2.40. The summed E-state index contributed by atoms with van der Waals surface area (Å²) in [5.41, 5.74) is 0.533. The molecule has 5 heteroatoms. The first kappa shape index (κ1) is 13.7. The number of ether oxygens (including phenoxy) is 1. The van der Waals surface area contributed by atoms with Gasteiger partial charge in [0.1, 0.15) is 5.75 Å². The molecule has 0 spiro atoms. The summed E-state index contributed by atoms with van der Waals surface area (Å²) in [6.45, 7) is 0. The first-order valence-electron chi connectivity index (χ1n) is 5.47. The van der Waals surface area contributed by atoms with Crippen molar-refractivity contribution in [1.82, 2.24) is 0 Å². The maximum absolute atomic E-state index is 11.3. The fraction of sp³-hybridized carbons (Fsp3) is 0.0714. The van der Waals surface area contributed by atoms with Crippen LogP contribution in [0.2, 0.25) is 10.0 Å². The van der Waals surface area contributed by atoms with Gasteiger partial charge in [0.2, 0.25) is 6.10 Å². The van der Waals surface area contributed by atoms with E-state index in [1.807, 2.05) is 0 Å². The van der Waals surface area contributed by atoms with Crippen molar-refractivity contribution in [3.05, 3.63) is 64.1 Å². The van der Waals surface area contributed by atoms with Gasteiger partial charge >= 0.3 is 5.97 Å². The van der Waals surface area contributed by atoms with Gasteiger partial charge in [0.15, 0.2) is 0 Å². The van der Waals surface area contributed by atoms with Gasteiger partial charge in [0.25, 0.3) is 0 Å². The van der Waals surface area contributed by atoms with Crippen molar-refractivity contribution in [3.63, 3.8) is 0 Å². The van der Waals surface area contributed by atoms with Crippen molar-refractivity contribution in [3.8, 4) is 5.75 Å². The minimum Gasteiger partial charge on any atom is -0.478 e. The number of hydrogen-bond donors (Lipinski definition) is 1. The summed E-state index contributed by atoms with van der Waals surface area (Å²) in [6.07, 6.45) is -1.13. The molecule has 0 saturated carbocycles. The lowest BCUT2D eigenvalue weighted by Gasteiger charge is -2.16. The lowest BCUT2D eigenvalue weighted by Crippen LogP contribution is -2.18. The molecule has 0 aliphatic rings. The van der Waals surface area contributed by atoms with Gasteiger partial charge < -0.3 is 9.84 Å². The van der Waals surface area contributed by atoms with Gasteiger partial charge in [0.05, 0.1) is 5.02 Å².